The Hall–Kier alpha value is -2.80. The van der Waals surface area contributed by atoms with Crippen LogP contribution in [0, 0.1) is 5.82 Å². The Morgan fingerprint density at radius 1 is 1.26 bits per heavy atom. The zero-order chi connectivity index (χ0) is 18.8. The van der Waals surface area contributed by atoms with Crippen molar-refractivity contribution in [1.29, 1.82) is 0 Å². The number of rotatable bonds is 3. The monoisotopic (exact) mass is 386 g/mol. The molecule has 0 aliphatic carbocycles. The van der Waals surface area contributed by atoms with Crippen LogP contribution in [-0.2, 0) is 0 Å². The minimum absolute atomic E-state index is 0.0885. The molecule has 0 bridgehead atoms. The van der Waals surface area contributed by atoms with Gasteiger partial charge in [0.2, 0.25) is 0 Å². The van der Waals surface area contributed by atoms with Gasteiger partial charge in [0.15, 0.2) is 5.82 Å². The topological polar surface area (TPSA) is 72.1 Å². The fourth-order valence-electron chi connectivity index (χ4n) is 3.23. The van der Waals surface area contributed by atoms with Crippen LogP contribution in [0.4, 0.5) is 4.39 Å². The van der Waals surface area contributed by atoms with E-state index in [1.165, 1.54) is 18.2 Å². The van der Waals surface area contributed by atoms with Crippen LogP contribution in [0.2, 0.25) is 5.02 Å². The molecule has 4 rings (SSSR count). The smallest absolute Gasteiger partial charge is 0.276 e. The number of pyridine rings is 1. The van der Waals surface area contributed by atoms with Gasteiger partial charge in [0.1, 0.15) is 11.5 Å². The molecule has 1 aliphatic heterocycles. The molecule has 1 aliphatic rings. The third-order valence-electron chi connectivity index (χ3n) is 4.58. The molecule has 2 aromatic heterocycles. The fraction of sp³-hybridized carbons (Fsp3) is 0.263. The number of hydrogen-bond acceptors (Lipinski definition) is 5. The van der Waals surface area contributed by atoms with E-state index < -0.39 is 11.7 Å². The highest BCUT2D eigenvalue weighted by molar-refractivity contribution is 6.33. The van der Waals surface area contributed by atoms with E-state index in [4.69, 9.17) is 16.1 Å². The lowest BCUT2D eigenvalue weighted by Crippen LogP contribution is -2.39. The normalized spacial score (nSPS) is 17.1. The molecule has 1 saturated heterocycles. The van der Waals surface area contributed by atoms with E-state index in [1.54, 1.807) is 23.2 Å². The molecule has 1 amide bonds. The van der Waals surface area contributed by atoms with E-state index in [9.17, 15) is 9.18 Å². The second-order valence-corrected chi connectivity index (χ2v) is 6.77. The highest BCUT2D eigenvalue weighted by atomic mass is 35.5. The van der Waals surface area contributed by atoms with Gasteiger partial charge in [-0.25, -0.2) is 4.39 Å². The summed E-state index contributed by atoms with van der Waals surface area (Å²) in [5.41, 5.74) is 0.500. The maximum atomic E-state index is 14.1. The molecule has 0 spiro atoms. The molecule has 3 aromatic rings. The number of piperidine rings is 1. The van der Waals surface area contributed by atoms with Gasteiger partial charge in [-0.05, 0) is 37.1 Å². The van der Waals surface area contributed by atoms with Gasteiger partial charge in [-0.1, -0.05) is 28.9 Å². The van der Waals surface area contributed by atoms with Crippen molar-refractivity contribution in [2.45, 2.75) is 18.8 Å². The number of likely N-dealkylation sites (tertiary alicyclic amines) is 1. The lowest BCUT2D eigenvalue weighted by atomic mass is 9.96. The van der Waals surface area contributed by atoms with Gasteiger partial charge in [-0.15, -0.1) is 0 Å². The van der Waals surface area contributed by atoms with Crippen molar-refractivity contribution in [3.05, 3.63) is 64.8 Å². The van der Waals surface area contributed by atoms with Gasteiger partial charge in [0, 0.05) is 25.2 Å². The first kappa shape index (κ1) is 17.6. The molecule has 3 heterocycles. The number of benzene rings is 1. The molecule has 0 radical (unpaired) electrons. The van der Waals surface area contributed by atoms with Crippen molar-refractivity contribution in [3.8, 4) is 11.6 Å². The molecule has 1 aromatic carbocycles. The van der Waals surface area contributed by atoms with Crippen LogP contribution in [0.1, 0.15) is 34.9 Å². The third-order valence-corrected chi connectivity index (χ3v) is 4.89. The van der Waals surface area contributed by atoms with Gasteiger partial charge in [-0.3, -0.25) is 9.78 Å². The SMILES string of the molecule is O=C(c1c(F)cccc1Cl)N1CCCC(c2noc(-c3ccccn3)n2)C1. The van der Waals surface area contributed by atoms with Gasteiger partial charge in [0.05, 0.1) is 10.6 Å². The molecule has 27 heavy (non-hydrogen) atoms. The summed E-state index contributed by atoms with van der Waals surface area (Å²) in [5.74, 6) is -0.267. The fourth-order valence-corrected chi connectivity index (χ4v) is 3.47. The number of hydrogen-bond donors (Lipinski definition) is 0. The van der Waals surface area contributed by atoms with Crippen LogP contribution < -0.4 is 0 Å². The zero-order valence-corrected chi connectivity index (χ0v) is 15.1. The van der Waals surface area contributed by atoms with Gasteiger partial charge in [0.25, 0.3) is 11.8 Å². The van der Waals surface area contributed by atoms with Crippen LogP contribution >= 0.6 is 11.6 Å². The molecule has 6 nitrogen and oxygen atoms in total. The van der Waals surface area contributed by atoms with Crippen molar-refractivity contribution >= 4 is 17.5 Å². The molecular formula is C19H16ClFN4O2. The largest absolute Gasteiger partial charge is 0.338 e. The molecule has 1 fully saturated rings. The summed E-state index contributed by atoms with van der Waals surface area (Å²) in [6.45, 7) is 0.912. The number of carbonyl (C=O) groups excluding carboxylic acids is 1. The first-order valence-electron chi connectivity index (χ1n) is 8.62. The quantitative estimate of drug-likeness (QED) is 0.681. The summed E-state index contributed by atoms with van der Waals surface area (Å²) in [6, 6.07) is 9.65. The molecule has 8 heteroatoms. The van der Waals surface area contributed by atoms with Crippen LogP contribution in [0.5, 0.6) is 0 Å². The Bertz CT molecular complexity index is 943. The van der Waals surface area contributed by atoms with Gasteiger partial charge < -0.3 is 9.42 Å². The summed E-state index contributed by atoms with van der Waals surface area (Å²) in [6.07, 6.45) is 3.23. The minimum Gasteiger partial charge on any atom is -0.338 e. The predicted molar refractivity (Wildman–Crippen MR) is 96.8 cm³/mol. The summed E-state index contributed by atoms with van der Waals surface area (Å²) in [4.78, 5) is 23.0. The Labute approximate surface area is 160 Å². The van der Waals surface area contributed by atoms with Crippen molar-refractivity contribution in [2.24, 2.45) is 0 Å². The average Bonchev–Trinajstić information content (AvgIpc) is 3.19. The van der Waals surface area contributed by atoms with E-state index in [-0.39, 0.29) is 16.5 Å². The molecule has 0 saturated carbocycles. The highest BCUT2D eigenvalue weighted by Crippen LogP contribution is 2.29. The first-order chi connectivity index (χ1) is 13.1. The zero-order valence-electron chi connectivity index (χ0n) is 14.3. The second kappa shape index (κ2) is 7.44. The average molecular weight is 387 g/mol. The van der Waals surface area contributed by atoms with Gasteiger partial charge >= 0.3 is 0 Å². The van der Waals surface area contributed by atoms with E-state index in [0.717, 1.165) is 12.8 Å². The lowest BCUT2D eigenvalue weighted by molar-refractivity contribution is 0.0699. The lowest BCUT2D eigenvalue weighted by Gasteiger charge is -2.31. The van der Waals surface area contributed by atoms with Crippen molar-refractivity contribution in [2.75, 3.05) is 13.1 Å². The second-order valence-electron chi connectivity index (χ2n) is 6.36. The highest BCUT2D eigenvalue weighted by Gasteiger charge is 2.30. The van der Waals surface area contributed by atoms with Crippen molar-refractivity contribution in [3.63, 3.8) is 0 Å². The predicted octanol–water partition coefficient (Wildman–Crippen LogP) is 3.94. The summed E-state index contributed by atoms with van der Waals surface area (Å²) in [5, 5.41) is 4.16. The number of halogens is 2. The standard InChI is InChI=1S/C19H16ClFN4O2/c20-13-6-3-7-14(21)16(13)19(26)25-10-4-5-12(11-25)17-23-18(27-24-17)15-8-1-2-9-22-15/h1-3,6-9,12H,4-5,10-11H2. The maximum absolute atomic E-state index is 14.1. The molecule has 1 atom stereocenters. The maximum Gasteiger partial charge on any atom is 0.276 e. The van der Waals surface area contributed by atoms with Crippen LogP contribution in [-0.4, -0.2) is 39.0 Å². The number of carbonyl (C=O) groups is 1. The summed E-state index contributed by atoms with van der Waals surface area (Å²) >= 11 is 6.03. The van der Waals surface area contributed by atoms with Crippen LogP contribution in [0.15, 0.2) is 47.1 Å². The van der Waals surface area contributed by atoms with E-state index in [1.807, 2.05) is 6.07 Å². The van der Waals surface area contributed by atoms with Crippen LogP contribution in [0.3, 0.4) is 0 Å². The minimum atomic E-state index is -0.619. The van der Waals surface area contributed by atoms with E-state index in [2.05, 4.69) is 15.1 Å². The Balaban J connectivity index is 1.54. The Kier molecular flexibility index (Phi) is 4.85. The first-order valence-corrected chi connectivity index (χ1v) is 8.99. The van der Waals surface area contributed by atoms with Crippen LogP contribution in [0.25, 0.3) is 11.6 Å². The van der Waals surface area contributed by atoms with Crippen molar-refractivity contribution < 1.29 is 13.7 Å². The van der Waals surface area contributed by atoms with E-state index >= 15 is 0 Å². The number of amides is 1. The molecule has 138 valence electrons. The number of nitrogens with zero attached hydrogens (tertiary/aromatic N) is 4. The number of aromatic nitrogens is 3. The summed E-state index contributed by atoms with van der Waals surface area (Å²) < 4.78 is 19.4. The molecular weight excluding hydrogens is 371 g/mol. The Morgan fingerprint density at radius 2 is 2.15 bits per heavy atom. The van der Waals surface area contributed by atoms with E-state index in [0.29, 0.717) is 30.5 Å². The Morgan fingerprint density at radius 3 is 2.93 bits per heavy atom. The molecule has 0 N–H and O–H groups in total. The van der Waals surface area contributed by atoms with Gasteiger partial charge in [-0.2, -0.15) is 4.98 Å². The third kappa shape index (κ3) is 3.55. The van der Waals surface area contributed by atoms with Crippen molar-refractivity contribution in [1.82, 2.24) is 20.0 Å². The summed E-state index contributed by atoms with van der Waals surface area (Å²) in [7, 11) is 0. The molecule has 1 unspecified atom stereocenters.